The van der Waals surface area contributed by atoms with Crippen LogP contribution in [0.4, 0.5) is 13.9 Å². The second-order valence-electron chi connectivity index (χ2n) is 5.22. The molecule has 1 unspecified atom stereocenters. The van der Waals surface area contributed by atoms with Gasteiger partial charge in [0.15, 0.2) is 0 Å². The first-order valence-corrected chi connectivity index (χ1v) is 8.16. The number of benzene rings is 2. The van der Waals surface area contributed by atoms with Gasteiger partial charge in [0.25, 0.3) is 0 Å². The molecule has 0 fully saturated rings. The Bertz CT molecular complexity index is 808. The van der Waals surface area contributed by atoms with Gasteiger partial charge >= 0.3 is 0 Å². The lowest BCUT2D eigenvalue weighted by Gasteiger charge is -2.11. The Labute approximate surface area is 141 Å². The molecular weight excluding hydrogens is 332 g/mol. The minimum atomic E-state index is -0.976. The maximum atomic E-state index is 13.6. The molecule has 0 spiro atoms. The smallest absolute Gasteiger partial charge is 0.205 e. The summed E-state index contributed by atoms with van der Waals surface area (Å²) < 4.78 is 26.5. The molecule has 4 nitrogen and oxygen atoms in total. The third kappa shape index (κ3) is 4.12. The topological polar surface area (TPSA) is 58.0 Å². The molecule has 24 heavy (non-hydrogen) atoms. The first kappa shape index (κ1) is 16.5. The molecule has 124 valence electrons. The molecule has 0 saturated carbocycles. The van der Waals surface area contributed by atoms with Crippen LogP contribution in [-0.2, 0) is 6.42 Å². The highest BCUT2D eigenvalue weighted by Gasteiger charge is 2.13. The third-order valence-electron chi connectivity index (χ3n) is 3.45. The van der Waals surface area contributed by atoms with Crippen LogP contribution >= 0.6 is 11.3 Å². The van der Waals surface area contributed by atoms with Crippen LogP contribution in [0.25, 0.3) is 0 Å². The molecule has 2 N–H and O–H groups in total. The maximum absolute atomic E-state index is 13.6. The fraction of sp³-hybridized carbons (Fsp3) is 0.176. The largest absolute Gasteiger partial charge is 0.386 e. The number of aliphatic hydroxyl groups is 1. The van der Waals surface area contributed by atoms with E-state index >= 15 is 0 Å². The Kier molecular flexibility index (Phi) is 5.12. The summed E-state index contributed by atoms with van der Waals surface area (Å²) in [6, 6.07) is 12.3. The van der Waals surface area contributed by atoms with Gasteiger partial charge in [-0.1, -0.05) is 41.7 Å². The Morgan fingerprint density at radius 2 is 1.79 bits per heavy atom. The fourth-order valence-electron chi connectivity index (χ4n) is 2.21. The van der Waals surface area contributed by atoms with Crippen molar-refractivity contribution in [3.63, 3.8) is 0 Å². The lowest BCUT2D eigenvalue weighted by molar-refractivity contribution is 0.186. The number of anilines is 1. The van der Waals surface area contributed by atoms with Crippen molar-refractivity contribution >= 4 is 16.5 Å². The van der Waals surface area contributed by atoms with E-state index in [0.717, 1.165) is 10.6 Å². The summed E-state index contributed by atoms with van der Waals surface area (Å²) in [4.78, 5) is 0. The van der Waals surface area contributed by atoms with Crippen LogP contribution in [-0.4, -0.2) is 21.8 Å². The van der Waals surface area contributed by atoms with E-state index in [9.17, 15) is 13.9 Å². The van der Waals surface area contributed by atoms with Gasteiger partial charge in [0.05, 0.1) is 6.10 Å². The predicted molar refractivity (Wildman–Crippen MR) is 89.0 cm³/mol. The number of nitrogens with one attached hydrogen (secondary N) is 1. The van der Waals surface area contributed by atoms with Gasteiger partial charge < -0.3 is 10.4 Å². The van der Waals surface area contributed by atoms with Crippen molar-refractivity contribution in [2.45, 2.75) is 12.5 Å². The molecule has 3 rings (SSSR count). The van der Waals surface area contributed by atoms with Crippen LogP contribution < -0.4 is 5.32 Å². The van der Waals surface area contributed by atoms with E-state index in [1.165, 1.54) is 29.5 Å². The van der Waals surface area contributed by atoms with Gasteiger partial charge in [-0.05, 0) is 23.8 Å². The van der Waals surface area contributed by atoms with Crippen LogP contribution in [0.2, 0.25) is 0 Å². The second kappa shape index (κ2) is 7.46. The summed E-state index contributed by atoms with van der Waals surface area (Å²) in [5, 5.41) is 22.4. The van der Waals surface area contributed by atoms with Gasteiger partial charge in [-0.2, -0.15) is 0 Å². The number of rotatable bonds is 6. The lowest BCUT2D eigenvalue weighted by atomic mass is 10.1. The zero-order valence-corrected chi connectivity index (χ0v) is 13.4. The van der Waals surface area contributed by atoms with Crippen molar-refractivity contribution in [1.82, 2.24) is 10.2 Å². The van der Waals surface area contributed by atoms with Gasteiger partial charge in [0.2, 0.25) is 5.13 Å². The average molecular weight is 347 g/mol. The fourth-order valence-corrected chi connectivity index (χ4v) is 2.99. The quantitative estimate of drug-likeness (QED) is 0.716. The summed E-state index contributed by atoms with van der Waals surface area (Å²) in [5.74, 6) is -0.721. The van der Waals surface area contributed by atoms with E-state index in [1.54, 1.807) is 30.3 Å². The van der Waals surface area contributed by atoms with Gasteiger partial charge in [-0.3, -0.25) is 0 Å². The monoisotopic (exact) mass is 347 g/mol. The standard InChI is InChI=1S/C17H15F2N3OS/c18-12-7-5-11(6-8-12)9-16-21-22-17(24-16)20-10-15(23)13-3-1-2-4-14(13)19/h1-8,15,23H,9-10H2,(H,20,22). The first-order chi connectivity index (χ1) is 11.6. The lowest BCUT2D eigenvalue weighted by Crippen LogP contribution is -2.13. The molecule has 0 amide bonds. The minimum Gasteiger partial charge on any atom is -0.386 e. The van der Waals surface area contributed by atoms with Gasteiger partial charge in [0, 0.05) is 18.5 Å². The van der Waals surface area contributed by atoms with Gasteiger partial charge in [0.1, 0.15) is 16.6 Å². The molecule has 1 aromatic heterocycles. The molecule has 0 aliphatic carbocycles. The summed E-state index contributed by atoms with van der Waals surface area (Å²) in [6.07, 6.45) is -0.425. The number of halogens is 2. The number of hydrogen-bond acceptors (Lipinski definition) is 5. The Balaban J connectivity index is 1.58. The van der Waals surface area contributed by atoms with Crippen LogP contribution in [0.15, 0.2) is 48.5 Å². The van der Waals surface area contributed by atoms with E-state index in [4.69, 9.17) is 0 Å². The van der Waals surface area contributed by atoms with Crippen LogP contribution in [0, 0.1) is 11.6 Å². The number of hydrogen-bond donors (Lipinski definition) is 2. The molecular formula is C17H15F2N3OS. The zero-order chi connectivity index (χ0) is 16.9. The Morgan fingerprint density at radius 3 is 2.54 bits per heavy atom. The summed E-state index contributed by atoms with van der Waals surface area (Å²) >= 11 is 1.34. The molecule has 1 atom stereocenters. The van der Waals surface area contributed by atoms with Crippen LogP contribution in [0.3, 0.4) is 0 Å². The van der Waals surface area contributed by atoms with Crippen LogP contribution in [0.1, 0.15) is 22.2 Å². The second-order valence-corrected chi connectivity index (χ2v) is 6.28. The molecule has 0 aliphatic rings. The van der Waals surface area contributed by atoms with E-state index < -0.39 is 11.9 Å². The molecule has 0 aliphatic heterocycles. The highest BCUT2D eigenvalue weighted by atomic mass is 32.1. The van der Waals surface area contributed by atoms with Crippen molar-refractivity contribution in [3.05, 3.63) is 76.3 Å². The molecule has 3 aromatic rings. The molecule has 7 heteroatoms. The predicted octanol–water partition coefficient (Wildman–Crippen LogP) is 3.55. The van der Waals surface area contributed by atoms with E-state index in [0.29, 0.717) is 11.6 Å². The van der Waals surface area contributed by atoms with E-state index in [-0.39, 0.29) is 17.9 Å². The zero-order valence-electron chi connectivity index (χ0n) is 12.6. The van der Waals surface area contributed by atoms with Crippen molar-refractivity contribution in [3.8, 4) is 0 Å². The third-order valence-corrected chi connectivity index (χ3v) is 4.33. The van der Waals surface area contributed by atoms with Gasteiger partial charge in [-0.15, -0.1) is 10.2 Å². The Morgan fingerprint density at radius 1 is 1.04 bits per heavy atom. The normalized spacial score (nSPS) is 12.1. The first-order valence-electron chi connectivity index (χ1n) is 7.35. The average Bonchev–Trinajstić information content (AvgIpc) is 3.03. The summed E-state index contributed by atoms with van der Waals surface area (Å²) in [7, 11) is 0. The Hall–Kier alpha value is -2.38. The van der Waals surface area contributed by atoms with Crippen molar-refractivity contribution < 1.29 is 13.9 Å². The highest BCUT2D eigenvalue weighted by molar-refractivity contribution is 7.15. The molecule has 0 radical (unpaired) electrons. The number of aliphatic hydroxyl groups excluding tert-OH is 1. The van der Waals surface area contributed by atoms with Crippen molar-refractivity contribution in [2.24, 2.45) is 0 Å². The number of aromatic nitrogens is 2. The van der Waals surface area contributed by atoms with E-state index in [1.807, 2.05) is 0 Å². The molecule has 0 bridgehead atoms. The summed E-state index contributed by atoms with van der Waals surface area (Å²) in [5.41, 5.74) is 1.17. The summed E-state index contributed by atoms with van der Waals surface area (Å²) in [6.45, 7) is 0.131. The molecule has 0 saturated heterocycles. The SMILES string of the molecule is OC(CNc1nnc(Cc2ccc(F)cc2)s1)c1ccccc1F. The molecule has 1 heterocycles. The highest BCUT2D eigenvalue weighted by Crippen LogP contribution is 2.21. The van der Waals surface area contributed by atoms with Crippen molar-refractivity contribution in [1.29, 1.82) is 0 Å². The van der Waals surface area contributed by atoms with Crippen molar-refractivity contribution in [2.75, 3.05) is 11.9 Å². The van der Waals surface area contributed by atoms with E-state index in [2.05, 4.69) is 15.5 Å². The number of nitrogens with zero attached hydrogens (tertiary/aromatic N) is 2. The van der Waals surface area contributed by atoms with Crippen LogP contribution in [0.5, 0.6) is 0 Å². The molecule has 2 aromatic carbocycles. The van der Waals surface area contributed by atoms with Gasteiger partial charge in [-0.25, -0.2) is 8.78 Å². The maximum Gasteiger partial charge on any atom is 0.205 e. The minimum absolute atomic E-state index is 0.131.